The standard InChI is InChI=1S/C22H23N3O5/c1-28-16-5-4-6-17(13-16)29-15-18-14-19(23-30-18)22(27)25-11-9-24(10-12-25)20-7-2-3-8-21(20)26/h2-8,13-14,26H,9-12,15H2,1H3. The minimum Gasteiger partial charge on any atom is -0.506 e. The zero-order valence-electron chi connectivity index (χ0n) is 16.7. The number of hydrogen-bond donors (Lipinski definition) is 1. The highest BCUT2D eigenvalue weighted by Crippen LogP contribution is 2.27. The number of phenols is 1. The van der Waals surface area contributed by atoms with Crippen LogP contribution < -0.4 is 14.4 Å². The van der Waals surface area contributed by atoms with Gasteiger partial charge in [-0.1, -0.05) is 23.4 Å². The summed E-state index contributed by atoms with van der Waals surface area (Å²) in [5, 5.41) is 13.9. The van der Waals surface area contributed by atoms with Gasteiger partial charge in [0.05, 0.1) is 12.8 Å². The predicted octanol–water partition coefficient (Wildman–Crippen LogP) is 2.93. The molecule has 1 aromatic heterocycles. The van der Waals surface area contributed by atoms with E-state index in [-0.39, 0.29) is 24.0 Å². The molecule has 0 bridgehead atoms. The Labute approximate surface area is 174 Å². The van der Waals surface area contributed by atoms with Gasteiger partial charge in [-0.25, -0.2) is 0 Å². The third kappa shape index (κ3) is 4.32. The number of carbonyl (C=O) groups is 1. The molecule has 1 aliphatic rings. The zero-order valence-corrected chi connectivity index (χ0v) is 16.7. The quantitative estimate of drug-likeness (QED) is 0.670. The highest BCUT2D eigenvalue weighted by Gasteiger charge is 2.25. The number of piperazine rings is 1. The van der Waals surface area contributed by atoms with Crippen LogP contribution in [-0.2, 0) is 6.61 Å². The van der Waals surface area contributed by atoms with E-state index in [1.54, 1.807) is 36.3 Å². The third-order valence-corrected chi connectivity index (χ3v) is 4.99. The Morgan fingerprint density at radius 2 is 1.83 bits per heavy atom. The van der Waals surface area contributed by atoms with Crippen LogP contribution in [0.15, 0.2) is 59.1 Å². The number of methoxy groups -OCH3 is 1. The zero-order chi connectivity index (χ0) is 20.9. The summed E-state index contributed by atoms with van der Waals surface area (Å²) in [5.74, 6) is 1.87. The second kappa shape index (κ2) is 8.77. The largest absolute Gasteiger partial charge is 0.506 e. The number of ether oxygens (including phenoxy) is 2. The number of benzene rings is 2. The van der Waals surface area contributed by atoms with Crippen LogP contribution in [0, 0.1) is 0 Å². The fraction of sp³-hybridized carbons (Fsp3) is 0.273. The number of nitrogens with zero attached hydrogens (tertiary/aromatic N) is 3. The minimum atomic E-state index is -0.177. The van der Waals surface area contributed by atoms with Gasteiger partial charge in [-0.05, 0) is 24.3 Å². The molecule has 3 aromatic rings. The van der Waals surface area contributed by atoms with Crippen molar-refractivity contribution in [1.29, 1.82) is 0 Å². The molecule has 0 atom stereocenters. The van der Waals surface area contributed by atoms with Gasteiger partial charge in [-0.2, -0.15) is 0 Å². The monoisotopic (exact) mass is 409 g/mol. The van der Waals surface area contributed by atoms with E-state index < -0.39 is 0 Å². The third-order valence-electron chi connectivity index (χ3n) is 4.99. The first-order chi connectivity index (χ1) is 14.6. The summed E-state index contributed by atoms with van der Waals surface area (Å²) in [6.45, 7) is 2.50. The number of carbonyl (C=O) groups excluding carboxylic acids is 1. The summed E-state index contributed by atoms with van der Waals surface area (Å²) in [7, 11) is 1.59. The average molecular weight is 409 g/mol. The lowest BCUT2D eigenvalue weighted by atomic mass is 10.2. The Morgan fingerprint density at radius 3 is 2.60 bits per heavy atom. The second-order valence-electron chi connectivity index (χ2n) is 6.91. The molecule has 0 aliphatic carbocycles. The molecule has 30 heavy (non-hydrogen) atoms. The Hall–Kier alpha value is -3.68. The molecule has 1 saturated heterocycles. The van der Waals surface area contributed by atoms with Crippen molar-refractivity contribution in [1.82, 2.24) is 10.1 Å². The van der Waals surface area contributed by atoms with Crippen molar-refractivity contribution in [3.05, 3.63) is 66.1 Å². The molecule has 0 radical (unpaired) electrons. The molecule has 1 aliphatic heterocycles. The Balaban J connectivity index is 1.32. The molecule has 0 saturated carbocycles. The first-order valence-electron chi connectivity index (χ1n) is 9.68. The van der Waals surface area contributed by atoms with Crippen LogP contribution in [0.3, 0.4) is 0 Å². The lowest BCUT2D eigenvalue weighted by molar-refractivity contribution is 0.0736. The van der Waals surface area contributed by atoms with Crippen LogP contribution in [0.5, 0.6) is 17.2 Å². The van der Waals surface area contributed by atoms with Crippen molar-refractivity contribution in [2.24, 2.45) is 0 Å². The molecule has 0 spiro atoms. The minimum absolute atomic E-state index is 0.161. The van der Waals surface area contributed by atoms with Gasteiger partial charge in [0.1, 0.15) is 23.9 Å². The molecule has 2 aromatic carbocycles. The summed E-state index contributed by atoms with van der Waals surface area (Å²) in [6.07, 6.45) is 0. The number of para-hydroxylation sites is 2. The fourth-order valence-electron chi connectivity index (χ4n) is 3.37. The average Bonchev–Trinajstić information content (AvgIpc) is 3.27. The summed E-state index contributed by atoms with van der Waals surface area (Å²) in [6, 6.07) is 16.1. The van der Waals surface area contributed by atoms with Crippen molar-refractivity contribution in [3.8, 4) is 17.2 Å². The predicted molar refractivity (Wildman–Crippen MR) is 110 cm³/mol. The first kappa shape index (κ1) is 19.6. The molecule has 1 fully saturated rings. The Morgan fingerprint density at radius 1 is 1.07 bits per heavy atom. The summed E-state index contributed by atoms with van der Waals surface area (Å²) < 4.78 is 16.1. The smallest absolute Gasteiger partial charge is 0.276 e. The SMILES string of the molecule is COc1cccc(OCc2cc(C(=O)N3CCN(c4ccccc4O)CC3)no2)c1. The molecule has 4 rings (SSSR count). The highest BCUT2D eigenvalue weighted by atomic mass is 16.5. The molecule has 1 amide bonds. The highest BCUT2D eigenvalue weighted by molar-refractivity contribution is 5.92. The van der Waals surface area contributed by atoms with Gasteiger partial charge < -0.3 is 28.9 Å². The van der Waals surface area contributed by atoms with Crippen molar-refractivity contribution >= 4 is 11.6 Å². The maximum atomic E-state index is 12.8. The Bertz CT molecular complexity index is 1010. The van der Waals surface area contributed by atoms with Gasteiger partial charge in [-0.3, -0.25) is 4.79 Å². The van der Waals surface area contributed by atoms with Crippen molar-refractivity contribution in [3.63, 3.8) is 0 Å². The van der Waals surface area contributed by atoms with Gasteiger partial charge in [0.2, 0.25) is 0 Å². The van der Waals surface area contributed by atoms with E-state index in [4.69, 9.17) is 14.0 Å². The number of rotatable bonds is 6. The summed E-state index contributed by atoms with van der Waals surface area (Å²) >= 11 is 0. The molecule has 8 heteroatoms. The van der Waals surface area contributed by atoms with E-state index in [1.165, 1.54) is 0 Å². The molecule has 1 N–H and O–H groups in total. The van der Waals surface area contributed by atoms with E-state index in [9.17, 15) is 9.90 Å². The number of amides is 1. The first-order valence-corrected chi connectivity index (χ1v) is 9.68. The molecule has 2 heterocycles. The number of aromatic nitrogens is 1. The number of phenolic OH excluding ortho intramolecular Hbond substituents is 1. The lowest BCUT2D eigenvalue weighted by Crippen LogP contribution is -2.48. The van der Waals surface area contributed by atoms with Crippen LogP contribution in [0.1, 0.15) is 16.2 Å². The van der Waals surface area contributed by atoms with Crippen LogP contribution in [0.2, 0.25) is 0 Å². The second-order valence-corrected chi connectivity index (χ2v) is 6.91. The van der Waals surface area contributed by atoms with Crippen LogP contribution in [-0.4, -0.2) is 54.4 Å². The van der Waals surface area contributed by atoms with E-state index in [1.807, 2.05) is 30.3 Å². The van der Waals surface area contributed by atoms with Gasteiger partial charge >= 0.3 is 0 Å². The van der Waals surface area contributed by atoms with E-state index in [0.29, 0.717) is 43.4 Å². The van der Waals surface area contributed by atoms with Crippen LogP contribution in [0.4, 0.5) is 5.69 Å². The summed E-state index contributed by atoms with van der Waals surface area (Å²) in [5.41, 5.74) is 1.04. The normalized spacial score (nSPS) is 13.9. The van der Waals surface area contributed by atoms with Crippen LogP contribution >= 0.6 is 0 Å². The van der Waals surface area contributed by atoms with Crippen molar-refractivity contribution in [2.75, 3.05) is 38.2 Å². The Kier molecular flexibility index (Phi) is 5.74. The molecule has 156 valence electrons. The van der Waals surface area contributed by atoms with E-state index >= 15 is 0 Å². The molecule has 8 nitrogen and oxygen atoms in total. The van der Waals surface area contributed by atoms with E-state index in [0.717, 1.165) is 5.69 Å². The molecular weight excluding hydrogens is 386 g/mol. The van der Waals surface area contributed by atoms with Gasteiger partial charge in [0, 0.05) is 38.3 Å². The number of aromatic hydroxyl groups is 1. The van der Waals surface area contributed by atoms with Gasteiger partial charge in [0.15, 0.2) is 11.5 Å². The summed E-state index contributed by atoms with van der Waals surface area (Å²) in [4.78, 5) is 16.6. The number of anilines is 1. The maximum absolute atomic E-state index is 12.8. The van der Waals surface area contributed by atoms with Gasteiger partial charge in [0.25, 0.3) is 5.91 Å². The number of hydrogen-bond acceptors (Lipinski definition) is 7. The molecule has 0 unspecified atom stereocenters. The lowest BCUT2D eigenvalue weighted by Gasteiger charge is -2.35. The topological polar surface area (TPSA) is 88.3 Å². The maximum Gasteiger partial charge on any atom is 0.276 e. The molecular formula is C22H23N3O5. The van der Waals surface area contributed by atoms with Gasteiger partial charge in [-0.15, -0.1) is 0 Å². The van der Waals surface area contributed by atoms with Crippen LogP contribution in [0.25, 0.3) is 0 Å². The van der Waals surface area contributed by atoms with Crippen molar-refractivity contribution < 1.29 is 23.9 Å². The van der Waals surface area contributed by atoms with Crippen molar-refractivity contribution in [2.45, 2.75) is 6.61 Å². The fourth-order valence-corrected chi connectivity index (χ4v) is 3.37. The van der Waals surface area contributed by atoms with E-state index in [2.05, 4.69) is 10.1 Å².